The van der Waals surface area contributed by atoms with Gasteiger partial charge in [0.15, 0.2) is 11.4 Å². The summed E-state index contributed by atoms with van der Waals surface area (Å²) < 4.78 is 18.4. The molecular weight excluding hydrogens is 218 g/mol. The Labute approximate surface area is 100 Å². The number of hydrogen-bond donors (Lipinski definition) is 1. The van der Waals surface area contributed by atoms with E-state index in [4.69, 9.17) is 23.3 Å². The van der Waals surface area contributed by atoms with Crippen LogP contribution in [0.1, 0.15) is 25.0 Å². The van der Waals surface area contributed by atoms with Gasteiger partial charge in [-0.15, -0.1) is 0 Å². The molecule has 5 heteroatoms. The second kappa shape index (κ2) is 4.92. The van der Waals surface area contributed by atoms with Crippen molar-refractivity contribution in [2.45, 2.75) is 20.8 Å². The van der Waals surface area contributed by atoms with Gasteiger partial charge in [0.05, 0.1) is 0 Å². The summed E-state index contributed by atoms with van der Waals surface area (Å²) in [6, 6.07) is 3.03. The first-order chi connectivity index (χ1) is 8.06. The number of rotatable bonds is 0. The molecule has 0 fully saturated rings. The van der Waals surface area contributed by atoms with Crippen molar-refractivity contribution in [3.05, 3.63) is 23.0 Å². The molecule has 3 nitrogen and oxygen atoms in total. The molecule has 0 spiro atoms. The number of benzene rings is 1. The summed E-state index contributed by atoms with van der Waals surface area (Å²) in [5.74, 6) is -0.693. The van der Waals surface area contributed by atoms with Crippen LogP contribution in [0.5, 0.6) is 0 Å². The molecule has 1 aromatic carbocycles. The lowest BCUT2D eigenvalue weighted by atomic mass is 9.88. The average Bonchev–Trinajstić information content (AvgIpc) is 2.66. The van der Waals surface area contributed by atoms with Crippen LogP contribution in [0.15, 0.2) is 10.5 Å². The highest BCUT2D eigenvalue weighted by atomic mass is 19.1. The van der Waals surface area contributed by atoms with E-state index in [-0.39, 0.29) is 22.5 Å². The van der Waals surface area contributed by atoms with E-state index >= 15 is 0 Å². The molecule has 2 aromatic rings. The van der Waals surface area contributed by atoms with Gasteiger partial charge in [0.1, 0.15) is 19.5 Å². The van der Waals surface area contributed by atoms with Gasteiger partial charge in [0.2, 0.25) is 5.88 Å². The number of furan rings is 1. The molecule has 0 saturated heterocycles. The Hall–Kier alpha value is -1.96. The summed E-state index contributed by atoms with van der Waals surface area (Å²) in [5.41, 5.74) is 6.45. The van der Waals surface area contributed by atoms with Gasteiger partial charge >= 0.3 is 0 Å². The normalized spacial score (nSPS) is 9.59. The average molecular weight is 230 g/mol. The Morgan fingerprint density at radius 2 is 2.06 bits per heavy atom. The van der Waals surface area contributed by atoms with Crippen LogP contribution in [-0.2, 0) is 0 Å². The van der Waals surface area contributed by atoms with Crippen LogP contribution < -0.4 is 11.2 Å². The maximum absolute atomic E-state index is 13.4. The van der Waals surface area contributed by atoms with Crippen molar-refractivity contribution < 1.29 is 8.81 Å². The van der Waals surface area contributed by atoms with Crippen molar-refractivity contribution >= 4 is 30.2 Å². The van der Waals surface area contributed by atoms with E-state index in [0.29, 0.717) is 10.9 Å². The quantitative estimate of drug-likeness (QED) is 0.705. The molecule has 0 amide bonds. The Bertz CT molecular complexity index is 599. The third kappa shape index (κ3) is 1.98. The summed E-state index contributed by atoms with van der Waals surface area (Å²) in [4.78, 5) is 0. The lowest BCUT2D eigenvalue weighted by Gasteiger charge is -2.01. The van der Waals surface area contributed by atoms with Crippen LogP contribution in [-0.4, -0.2) is 7.85 Å². The van der Waals surface area contributed by atoms with E-state index in [1.54, 1.807) is 6.92 Å². The zero-order valence-electron chi connectivity index (χ0n) is 9.97. The first-order valence-electron chi connectivity index (χ1n) is 5.23. The van der Waals surface area contributed by atoms with Crippen LogP contribution in [0.25, 0.3) is 11.0 Å². The fourth-order valence-electron chi connectivity index (χ4n) is 1.54. The highest BCUT2D eigenvalue weighted by molar-refractivity contribution is 6.34. The SMILES string of the molecule is CC.[B]c1cc(F)c2oc(N)c(C#N)c2c1C. The molecule has 0 saturated carbocycles. The summed E-state index contributed by atoms with van der Waals surface area (Å²) in [5, 5.41) is 9.21. The molecule has 1 aromatic heterocycles. The number of anilines is 1. The molecule has 86 valence electrons. The Kier molecular flexibility index (Phi) is 3.79. The minimum Gasteiger partial charge on any atom is -0.436 e. The van der Waals surface area contributed by atoms with E-state index in [2.05, 4.69) is 0 Å². The Morgan fingerprint density at radius 3 is 2.59 bits per heavy atom. The standard InChI is InChI=1S/C10H6BFN2O.C2H6/c1-4-6(11)2-7(12)9-8(4)5(3-13)10(14)15-9;1-2/h2H,14H2,1H3;1-2H3. The van der Waals surface area contributed by atoms with Gasteiger partial charge in [-0.05, 0) is 18.6 Å². The van der Waals surface area contributed by atoms with Crippen molar-refractivity contribution in [3.63, 3.8) is 0 Å². The number of hydrogen-bond acceptors (Lipinski definition) is 3. The molecule has 0 aliphatic heterocycles. The third-order valence-electron chi connectivity index (χ3n) is 2.35. The van der Waals surface area contributed by atoms with Crippen LogP contribution >= 0.6 is 0 Å². The van der Waals surface area contributed by atoms with Crippen LogP contribution in [0.3, 0.4) is 0 Å². The minimum atomic E-state index is -0.610. The molecule has 0 aliphatic rings. The van der Waals surface area contributed by atoms with E-state index in [9.17, 15) is 4.39 Å². The number of nitrogen functional groups attached to an aromatic ring is 1. The van der Waals surface area contributed by atoms with Crippen molar-refractivity contribution in [2.75, 3.05) is 5.73 Å². The number of nitrogens with two attached hydrogens (primary N) is 1. The molecule has 0 unspecified atom stereocenters. The monoisotopic (exact) mass is 230 g/mol. The van der Waals surface area contributed by atoms with Gasteiger partial charge in [0.25, 0.3) is 0 Å². The molecule has 0 atom stereocenters. The van der Waals surface area contributed by atoms with Crippen LogP contribution in [0, 0.1) is 24.1 Å². The molecule has 1 heterocycles. The van der Waals surface area contributed by atoms with E-state index in [1.807, 2.05) is 19.9 Å². The number of nitrogens with zero attached hydrogens (tertiary/aromatic N) is 1. The van der Waals surface area contributed by atoms with E-state index in [0.717, 1.165) is 6.07 Å². The predicted molar refractivity (Wildman–Crippen MR) is 66.8 cm³/mol. The van der Waals surface area contributed by atoms with Gasteiger partial charge in [0, 0.05) is 5.39 Å². The molecule has 2 radical (unpaired) electrons. The van der Waals surface area contributed by atoms with Gasteiger partial charge in [-0.2, -0.15) is 5.26 Å². The molecule has 2 rings (SSSR count). The second-order valence-corrected chi connectivity index (χ2v) is 3.23. The van der Waals surface area contributed by atoms with Crippen molar-refractivity contribution in [2.24, 2.45) is 0 Å². The largest absolute Gasteiger partial charge is 0.436 e. The summed E-state index contributed by atoms with van der Waals surface area (Å²) in [7, 11) is 5.59. The van der Waals surface area contributed by atoms with Gasteiger partial charge in [-0.1, -0.05) is 19.3 Å². The van der Waals surface area contributed by atoms with Crippen LogP contribution in [0.4, 0.5) is 10.3 Å². The molecule has 0 aliphatic carbocycles. The number of aryl methyl sites for hydroxylation is 1. The van der Waals surface area contributed by atoms with Gasteiger partial charge in [-0.3, -0.25) is 0 Å². The van der Waals surface area contributed by atoms with E-state index in [1.165, 1.54) is 0 Å². The maximum atomic E-state index is 13.4. The maximum Gasteiger partial charge on any atom is 0.209 e. The summed E-state index contributed by atoms with van der Waals surface area (Å²) in [6.07, 6.45) is 0. The molecule has 0 bridgehead atoms. The first-order valence-corrected chi connectivity index (χ1v) is 5.23. The number of fused-ring (bicyclic) bond motifs is 1. The lowest BCUT2D eigenvalue weighted by Crippen LogP contribution is -2.08. The zero-order chi connectivity index (χ0) is 13.2. The van der Waals surface area contributed by atoms with Gasteiger partial charge in [-0.25, -0.2) is 4.39 Å². The smallest absolute Gasteiger partial charge is 0.209 e. The molecule has 2 N–H and O–H groups in total. The Morgan fingerprint density at radius 1 is 1.47 bits per heavy atom. The topological polar surface area (TPSA) is 62.9 Å². The Balaban J connectivity index is 0.000000686. The highest BCUT2D eigenvalue weighted by Crippen LogP contribution is 2.30. The fraction of sp³-hybridized carbons (Fsp3) is 0.250. The van der Waals surface area contributed by atoms with Crippen molar-refractivity contribution in [1.29, 1.82) is 5.26 Å². The number of halogens is 1. The molecular formula is C12H12BFN2O. The fourth-order valence-corrected chi connectivity index (χ4v) is 1.54. The van der Waals surface area contributed by atoms with Crippen molar-refractivity contribution in [1.82, 2.24) is 0 Å². The van der Waals surface area contributed by atoms with Gasteiger partial charge < -0.3 is 10.2 Å². The second-order valence-electron chi connectivity index (χ2n) is 3.23. The summed E-state index contributed by atoms with van der Waals surface area (Å²) in [6.45, 7) is 5.69. The highest BCUT2D eigenvalue weighted by Gasteiger charge is 2.18. The lowest BCUT2D eigenvalue weighted by molar-refractivity contribution is 0.571. The zero-order valence-corrected chi connectivity index (χ0v) is 9.97. The first kappa shape index (κ1) is 13.1. The van der Waals surface area contributed by atoms with Crippen molar-refractivity contribution in [3.8, 4) is 6.07 Å². The number of nitriles is 1. The minimum absolute atomic E-state index is 0.0178. The predicted octanol–water partition coefficient (Wildman–Crippen LogP) is 2.15. The summed E-state index contributed by atoms with van der Waals surface area (Å²) >= 11 is 0. The third-order valence-corrected chi connectivity index (χ3v) is 2.35. The van der Waals surface area contributed by atoms with Crippen LogP contribution in [0.2, 0.25) is 0 Å². The molecule has 17 heavy (non-hydrogen) atoms. The van der Waals surface area contributed by atoms with E-state index < -0.39 is 5.82 Å².